The molecule has 1 aliphatic heterocycles. The van der Waals surface area contributed by atoms with E-state index in [2.05, 4.69) is 14.9 Å². The average molecular weight is 289 g/mol. The van der Waals surface area contributed by atoms with E-state index in [1.165, 1.54) is 0 Å². The summed E-state index contributed by atoms with van der Waals surface area (Å²) in [4.78, 5) is 14.1. The Labute approximate surface area is 123 Å². The summed E-state index contributed by atoms with van der Waals surface area (Å²) in [6.07, 6.45) is 2.45. The van der Waals surface area contributed by atoms with Gasteiger partial charge in [-0.15, -0.1) is 0 Å². The smallest absolute Gasteiger partial charge is 0.226 e. The van der Waals surface area contributed by atoms with Crippen molar-refractivity contribution >= 4 is 16.9 Å². The van der Waals surface area contributed by atoms with Crippen LogP contribution in [0.3, 0.4) is 0 Å². The predicted octanol–water partition coefficient (Wildman–Crippen LogP) is 1.65. The Balaban J connectivity index is 1.59. The van der Waals surface area contributed by atoms with Crippen LogP contribution in [0.1, 0.15) is 18.4 Å². The van der Waals surface area contributed by atoms with Crippen molar-refractivity contribution in [3.63, 3.8) is 0 Å². The molecule has 1 fully saturated rings. The zero-order valence-electron chi connectivity index (χ0n) is 12.1. The second kappa shape index (κ2) is 6.22. The van der Waals surface area contributed by atoms with Gasteiger partial charge in [0.05, 0.1) is 6.42 Å². The second-order valence-electron chi connectivity index (χ2n) is 5.59. The first kappa shape index (κ1) is 14.0. The summed E-state index contributed by atoms with van der Waals surface area (Å²) in [6, 6.07) is 5.58. The maximum atomic E-state index is 12.3. The van der Waals surface area contributed by atoms with Crippen LogP contribution in [-0.2, 0) is 16.0 Å². The largest absolute Gasteiger partial charge is 0.381 e. The highest BCUT2D eigenvalue weighted by molar-refractivity contribution is 5.81. The highest BCUT2D eigenvalue weighted by Gasteiger charge is 2.18. The number of aromatic nitrogens is 2. The van der Waals surface area contributed by atoms with Gasteiger partial charge in [-0.05, 0) is 46.8 Å². The van der Waals surface area contributed by atoms with E-state index in [4.69, 9.17) is 4.74 Å². The van der Waals surface area contributed by atoms with Crippen molar-refractivity contribution < 1.29 is 14.2 Å². The minimum Gasteiger partial charge on any atom is -0.381 e. The summed E-state index contributed by atoms with van der Waals surface area (Å²) in [5.41, 5.74) is 2.33. The molecule has 6 heteroatoms. The minimum absolute atomic E-state index is 0.122. The molecule has 0 spiro atoms. The number of carbonyl (C=O) groups is 1. The molecule has 1 aromatic heterocycles. The summed E-state index contributed by atoms with van der Waals surface area (Å²) in [6.45, 7) is 2.42. The first-order valence-electron chi connectivity index (χ1n) is 7.25. The fourth-order valence-corrected chi connectivity index (χ4v) is 2.67. The third-order valence-electron chi connectivity index (χ3n) is 3.97. The van der Waals surface area contributed by atoms with Crippen molar-refractivity contribution in [1.29, 1.82) is 0 Å². The van der Waals surface area contributed by atoms with Crippen LogP contribution in [-0.4, -0.2) is 47.9 Å². The van der Waals surface area contributed by atoms with Crippen molar-refractivity contribution in [2.75, 3.05) is 26.8 Å². The van der Waals surface area contributed by atoms with Crippen LogP contribution in [0.5, 0.6) is 0 Å². The maximum Gasteiger partial charge on any atom is 0.226 e. The van der Waals surface area contributed by atoms with Gasteiger partial charge in [0.15, 0.2) is 0 Å². The molecule has 0 saturated carbocycles. The topological polar surface area (TPSA) is 68.5 Å². The lowest BCUT2D eigenvalue weighted by molar-refractivity contribution is -0.130. The van der Waals surface area contributed by atoms with E-state index >= 15 is 0 Å². The summed E-state index contributed by atoms with van der Waals surface area (Å²) in [7, 11) is 1.87. The van der Waals surface area contributed by atoms with Gasteiger partial charge < -0.3 is 9.64 Å². The molecule has 0 unspecified atom stereocenters. The Hall–Kier alpha value is -1.95. The van der Waals surface area contributed by atoms with Gasteiger partial charge >= 0.3 is 0 Å². The molecule has 6 nitrogen and oxygen atoms in total. The molecule has 0 atom stereocenters. The fourth-order valence-electron chi connectivity index (χ4n) is 2.67. The van der Waals surface area contributed by atoms with Crippen molar-refractivity contribution in [2.45, 2.75) is 19.3 Å². The highest BCUT2D eigenvalue weighted by Crippen LogP contribution is 2.17. The van der Waals surface area contributed by atoms with Crippen LogP contribution in [0.25, 0.3) is 11.0 Å². The molecule has 0 aliphatic carbocycles. The van der Waals surface area contributed by atoms with E-state index in [0.717, 1.165) is 38.2 Å². The number of rotatable bonds is 4. The van der Waals surface area contributed by atoms with E-state index in [1.54, 1.807) is 0 Å². The molecule has 1 aromatic carbocycles. The van der Waals surface area contributed by atoms with Crippen LogP contribution < -0.4 is 0 Å². The molecule has 3 rings (SSSR count). The Bertz CT molecular complexity index is 619. The van der Waals surface area contributed by atoms with E-state index in [1.807, 2.05) is 30.1 Å². The lowest BCUT2D eigenvalue weighted by atomic mass is 9.99. The zero-order valence-corrected chi connectivity index (χ0v) is 12.1. The Kier molecular flexibility index (Phi) is 4.15. The van der Waals surface area contributed by atoms with Gasteiger partial charge in [0.2, 0.25) is 5.91 Å². The SMILES string of the molecule is CN(CC1CCOCC1)C(=O)Cc1ccc2nonc2c1. The second-order valence-corrected chi connectivity index (χ2v) is 5.59. The average Bonchev–Trinajstić information content (AvgIpc) is 2.95. The quantitative estimate of drug-likeness (QED) is 0.856. The van der Waals surface area contributed by atoms with Gasteiger partial charge in [0, 0.05) is 26.8 Å². The number of nitrogens with zero attached hydrogens (tertiary/aromatic N) is 3. The summed E-state index contributed by atoms with van der Waals surface area (Å²) in [5, 5.41) is 7.56. The molecule has 0 N–H and O–H groups in total. The van der Waals surface area contributed by atoms with Crippen molar-refractivity contribution in [1.82, 2.24) is 15.2 Å². The number of benzene rings is 1. The van der Waals surface area contributed by atoms with Crippen LogP contribution in [0.2, 0.25) is 0 Å². The Morgan fingerprint density at radius 3 is 2.86 bits per heavy atom. The Morgan fingerprint density at radius 2 is 2.05 bits per heavy atom. The molecule has 112 valence electrons. The van der Waals surface area contributed by atoms with E-state index in [-0.39, 0.29) is 5.91 Å². The normalized spacial score (nSPS) is 16.2. The van der Waals surface area contributed by atoms with Gasteiger partial charge in [0.1, 0.15) is 11.0 Å². The third kappa shape index (κ3) is 3.39. The molecular formula is C15H19N3O3. The molecule has 2 heterocycles. The molecule has 1 aliphatic rings. The molecule has 1 saturated heterocycles. The zero-order chi connectivity index (χ0) is 14.7. The Morgan fingerprint density at radius 1 is 1.29 bits per heavy atom. The lowest BCUT2D eigenvalue weighted by Gasteiger charge is -2.27. The predicted molar refractivity (Wildman–Crippen MR) is 76.7 cm³/mol. The first-order valence-corrected chi connectivity index (χ1v) is 7.25. The lowest BCUT2D eigenvalue weighted by Crippen LogP contribution is -2.35. The minimum atomic E-state index is 0.122. The number of hydrogen-bond donors (Lipinski definition) is 0. The summed E-state index contributed by atoms with van der Waals surface area (Å²) >= 11 is 0. The van der Waals surface area contributed by atoms with Gasteiger partial charge in [-0.2, -0.15) is 0 Å². The van der Waals surface area contributed by atoms with Gasteiger partial charge in [-0.3, -0.25) is 4.79 Å². The first-order chi connectivity index (χ1) is 10.2. The number of likely N-dealkylation sites (N-methyl/N-ethyl adjacent to an activating group) is 1. The molecular weight excluding hydrogens is 270 g/mol. The van der Waals surface area contributed by atoms with E-state index in [9.17, 15) is 4.79 Å². The van der Waals surface area contributed by atoms with Crippen LogP contribution >= 0.6 is 0 Å². The van der Waals surface area contributed by atoms with Gasteiger partial charge in [0.25, 0.3) is 0 Å². The molecule has 21 heavy (non-hydrogen) atoms. The fraction of sp³-hybridized carbons (Fsp3) is 0.533. The van der Waals surface area contributed by atoms with Crippen LogP contribution in [0.15, 0.2) is 22.8 Å². The number of ether oxygens (including phenoxy) is 1. The van der Waals surface area contributed by atoms with E-state index in [0.29, 0.717) is 23.4 Å². The number of carbonyl (C=O) groups excluding carboxylic acids is 1. The maximum absolute atomic E-state index is 12.3. The summed E-state index contributed by atoms with van der Waals surface area (Å²) in [5.74, 6) is 0.673. The van der Waals surface area contributed by atoms with Crippen LogP contribution in [0, 0.1) is 5.92 Å². The van der Waals surface area contributed by atoms with E-state index < -0.39 is 0 Å². The van der Waals surface area contributed by atoms with Crippen molar-refractivity contribution in [2.24, 2.45) is 5.92 Å². The standard InChI is InChI=1S/C15H19N3O3/c1-18(10-11-4-6-20-7-5-11)15(19)9-12-2-3-13-14(8-12)17-21-16-13/h2-3,8,11H,4-7,9-10H2,1H3. The van der Waals surface area contributed by atoms with Crippen molar-refractivity contribution in [3.8, 4) is 0 Å². The monoisotopic (exact) mass is 289 g/mol. The molecule has 1 amide bonds. The molecule has 2 aromatic rings. The van der Waals surface area contributed by atoms with Crippen molar-refractivity contribution in [3.05, 3.63) is 23.8 Å². The highest BCUT2D eigenvalue weighted by atomic mass is 16.6. The van der Waals surface area contributed by atoms with Crippen LogP contribution in [0.4, 0.5) is 0 Å². The molecule has 0 radical (unpaired) electrons. The molecule has 0 bridgehead atoms. The third-order valence-corrected chi connectivity index (χ3v) is 3.97. The summed E-state index contributed by atoms with van der Waals surface area (Å²) < 4.78 is 10.0. The number of amides is 1. The van der Waals surface area contributed by atoms with Gasteiger partial charge in [-0.25, -0.2) is 4.63 Å². The number of fused-ring (bicyclic) bond motifs is 1. The number of hydrogen-bond acceptors (Lipinski definition) is 5. The van der Waals surface area contributed by atoms with Gasteiger partial charge in [-0.1, -0.05) is 6.07 Å².